The summed E-state index contributed by atoms with van der Waals surface area (Å²) in [6.07, 6.45) is -0.174. The van der Waals surface area contributed by atoms with Crippen LogP contribution in [-0.4, -0.2) is 24.4 Å². The molecule has 162 valence electrons. The Kier molecular flexibility index (Phi) is 7.03. The first-order chi connectivity index (χ1) is 14.7. The number of nitrogens with zero attached hydrogens (tertiary/aromatic N) is 1. The van der Waals surface area contributed by atoms with Crippen LogP contribution in [-0.2, 0) is 19.1 Å². The summed E-state index contributed by atoms with van der Waals surface area (Å²) in [6.45, 7) is 5.42. The summed E-state index contributed by atoms with van der Waals surface area (Å²) < 4.78 is 5.20. The molecular weight excluding hydrogens is 439 g/mol. The SMILES string of the molecule is CCOC(=O)C1=C(C)N(c2ccc(C)cc2)C(=O)C[C@@H]1C(=O)Nc1ccc(Cl)c(Cl)c1. The van der Waals surface area contributed by atoms with Crippen LogP contribution in [0.3, 0.4) is 0 Å². The van der Waals surface area contributed by atoms with Crippen molar-refractivity contribution in [3.05, 3.63) is 69.3 Å². The molecule has 6 nitrogen and oxygen atoms in total. The standard InChI is InChI=1S/C23H22Cl2N2O4/c1-4-31-23(30)21-14(3)27(16-8-5-13(2)6-9-16)20(28)12-17(21)22(29)26-15-7-10-18(24)19(25)11-15/h5-11,17H,4,12H2,1-3H3,(H,26,29)/t17-/m0/s1. The van der Waals surface area contributed by atoms with E-state index in [-0.39, 0.29) is 29.5 Å². The lowest BCUT2D eigenvalue weighted by Crippen LogP contribution is -2.43. The molecule has 0 spiro atoms. The molecule has 0 fully saturated rings. The van der Waals surface area contributed by atoms with Gasteiger partial charge >= 0.3 is 5.97 Å². The van der Waals surface area contributed by atoms with Crippen LogP contribution < -0.4 is 10.2 Å². The van der Waals surface area contributed by atoms with Crippen LogP contribution in [0.15, 0.2) is 53.7 Å². The van der Waals surface area contributed by atoms with Gasteiger partial charge in [0.25, 0.3) is 0 Å². The minimum absolute atomic E-state index is 0.148. The number of amides is 2. The molecule has 1 heterocycles. The molecule has 31 heavy (non-hydrogen) atoms. The predicted octanol–water partition coefficient (Wildman–Crippen LogP) is 5.13. The number of carbonyl (C=O) groups is 3. The Morgan fingerprint density at radius 3 is 2.39 bits per heavy atom. The lowest BCUT2D eigenvalue weighted by molar-refractivity contribution is -0.141. The van der Waals surface area contributed by atoms with Gasteiger partial charge in [-0.15, -0.1) is 0 Å². The van der Waals surface area contributed by atoms with Crippen LogP contribution in [0.1, 0.15) is 25.8 Å². The van der Waals surface area contributed by atoms with Gasteiger partial charge < -0.3 is 10.1 Å². The van der Waals surface area contributed by atoms with Gasteiger partial charge in [-0.1, -0.05) is 40.9 Å². The molecule has 0 radical (unpaired) electrons. The average molecular weight is 461 g/mol. The molecule has 0 saturated heterocycles. The highest BCUT2D eigenvalue weighted by Crippen LogP contribution is 2.34. The largest absolute Gasteiger partial charge is 0.463 e. The minimum Gasteiger partial charge on any atom is -0.463 e. The predicted molar refractivity (Wildman–Crippen MR) is 121 cm³/mol. The van der Waals surface area contributed by atoms with Crippen LogP contribution in [0.2, 0.25) is 10.0 Å². The lowest BCUT2D eigenvalue weighted by atomic mass is 9.88. The van der Waals surface area contributed by atoms with Gasteiger partial charge in [-0.3, -0.25) is 14.5 Å². The average Bonchev–Trinajstić information content (AvgIpc) is 2.71. The Balaban J connectivity index is 1.99. The van der Waals surface area contributed by atoms with Gasteiger partial charge in [0, 0.05) is 23.5 Å². The Morgan fingerprint density at radius 2 is 1.77 bits per heavy atom. The number of hydrogen-bond acceptors (Lipinski definition) is 4. The Morgan fingerprint density at radius 1 is 1.10 bits per heavy atom. The van der Waals surface area contributed by atoms with Crippen molar-refractivity contribution < 1.29 is 19.1 Å². The highest BCUT2D eigenvalue weighted by atomic mass is 35.5. The zero-order valence-electron chi connectivity index (χ0n) is 17.4. The van der Waals surface area contributed by atoms with Crippen molar-refractivity contribution in [3.63, 3.8) is 0 Å². The molecule has 2 aromatic carbocycles. The Bertz CT molecular complexity index is 1060. The number of anilines is 2. The van der Waals surface area contributed by atoms with Crippen molar-refractivity contribution in [3.8, 4) is 0 Å². The fourth-order valence-corrected chi connectivity index (χ4v) is 3.78. The fourth-order valence-electron chi connectivity index (χ4n) is 3.48. The number of ether oxygens (including phenoxy) is 1. The molecule has 0 aromatic heterocycles. The third-order valence-corrected chi connectivity index (χ3v) is 5.73. The number of nitrogens with one attached hydrogen (secondary N) is 1. The maximum Gasteiger partial charge on any atom is 0.336 e. The summed E-state index contributed by atoms with van der Waals surface area (Å²) in [5, 5.41) is 3.35. The molecular formula is C23H22Cl2N2O4. The third kappa shape index (κ3) is 4.92. The minimum atomic E-state index is -0.997. The second kappa shape index (κ2) is 9.54. The summed E-state index contributed by atoms with van der Waals surface area (Å²) in [5.74, 6) is -2.41. The molecule has 1 atom stereocenters. The van der Waals surface area contributed by atoms with Crippen molar-refractivity contribution in [1.82, 2.24) is 0 Å². The van der Waals surface area contributed by atoms with E-state index in [4.69, 9.17) is 27.9 Å². The number of benzene rings is 2. The maximum atomic E-state index is 13.1. The Hall–Kier alpha value is -2.83. The highest BCUT2D eigenvalue weighted by molar-refractivity contribution is 6.42. The number of rotatable bonds is 5. The second-order valence-electron chi connectivity index (χ2n) is 7.16. The van der Waals surface area contributed by atoms with Gasteiger partial charge in [-0.25, -0.2) is 4.79 Å². The molecule has 0 bridgehead atoms. The topological polar surface area (TPSA) is 75.7 Å². The van der Waals surface area contributed by atoms with E-state index in [2.05, 4.69) is 5.32 Å². The van der Waals surface area contributed by atoms with E-state index in [1.54, 1.807) is 38.1 Å². The summed E-state index contributed by atoms with van der Waals surface area (Å²) in [7, 11) is 0. The zero-order chi connectivity index (χ0) is 22.7. The smallest absolute Gasteiger partial charge is 0.336 e. The number of aryl methyl sites for hydroxylation is 1. The van der Waals surface area contributed by atoms with Gasteiger partial charge in [0.1, 0.15) is 0 Å². The number of esters is 1. The molecule has 8 heteroatoms. The van der Waals surface area contributed by atoms with Crippen molar-refractivity contribution in [1.29, 1.82) is 0 Å². The zero-order valence-corrected chi connectivity index (χ0v) is 18.9. The van der Waals surface area contributed by atoms with Gasteiger partial charge in [0.2, 0.25) is 11.8 Å². The van der Waals surface area contributed by atoms with E-state index < -0.39 is 17.8 Å². The van der Waals surface area contributed by atoms with E-state index >= 15 is 0 Å². The third-order valence-electron chi connectivity index (χ3n) is 4.99. The summed E-state index contributed by atoms with van der Waals surface area (Å²) in [4.78, 5) is 40.3. The van der Waals surface area contributed by atoms with E-state index in [1.165, 1.54) is 11.0 Å². The molecule has 1 N–H and O–H groups in total. The quantitative estimate of drug-likeness (QED) is 0.627. The maximum absolute atomic E-state index is 13.1. The number of halogens is 2. The van der Waals surface area contributed by atoms with Crippen LogP contribution in [0.4, 0.5) is 11.4 Å². The van der Waals surface area contributed by atoms with Gasteiger partial charge in [0.05, 0.1) is 28.1 Å². The highest BCUT2D eigenvalue weighted by Gasteiger charge is 2.40. The van der Waals surface area contributed by atoms with Crippen molar-refractivity contribution >= 4 is 52.4 Å². The normalized spacial score (nSPS) is 16.4. The van der Waals surface area contributed by atoms with Crippen LogP contribution in [0.25, 0.3) is 0 Å². The first-order valence-electron chi connectivity index (χ1n) is 9.76. The molecule has 0 unspecified atom stereocenters. The van der Waals surface area contributed by atoms with Gasteiger partial charge in [-0.2, -0.15) is 0 Å². The van der Waals surface area contributed by atoms with Crippen LogP contribution in [0, 0.1) is 12.8 Å². The summed E-state index contributed by atoms with van der Waals surface area (Å²) >= 11 is 11.9. The first-order valence-corrected chi connectivity index (χ1v) is 10.5. The second-order valence-corrected chi connectivity index (χ2v) is 7.97. The van der Waals surface area contributed by atoms with E-state index in [0.29, 0.717) is 22.1 Å². The van der Waals surface area contributed by atoms with E-state index in [0.717, 1.165) is 5.56 Å². The lowest BCUT2D eigenvalue weighted by Gasteiger charge is -2.33. The summed E-state index contributed by atoms with van der Waals surface area (Å²) in [5.41, 5.74) is 2.60. The fraction of sp³-hybridized carbons (Fsp3) is 0.261. The molecule has 2 aromatic rings. The number of hydrogen-bond donors (Lipinski definition) is 1. The van der Waals surface area contributed by atoms with E-state index in [1.807, 2.05) is 19.1 Å². The van der Waals surface area contributed by atoms with Crippen LogP contribution in [0.5, 0.6) is 0 Å². The van der Waals surface area contributed by atoms with Gasteiger partial charge in [0.15, 0.2) is 0 Å². The molecule has 0 saturated carbocycles. The van der Waals surface area contributed by atoms with Crippen molar-refractivity contribution in [2.75, 3.05) is 16.8 Å². The Labute approximate surface area is 190 Å². The molecule has 2 amide bonds. The first kappa shape index (κ1) is 22.8. The number of allylic oxidation sites excluding steroid dienone is 1. The molecule has 3 rings (SSSR count). The van der Waals surface area contributed by atoms with Gasteiger partial charge in [-0.05, 0) is 51.1 Å². The monoisotopic (exact) mass is 460 g/mol. The van der Waals surface area contributed by atoms with Crippen LogP contribution >= 0.6 is 23.2 Å². The molecule has 1 aliphatic heterocycles. The van der Waals surface area contributed by atoms with Crippen molar-refractivity contribution in [2.45, 2.75) is 27.2 Å². The van der Waals surface area contributed by atoms with Crippen molar-refractivity contribution in [2.24, 2.45) is 5.92 Å². The summed E-state index contributed by atoms with van der Waals surface area (Å²) in [6, 6.07) is 12.0. The molecule has 0 aliphatic carbocycles. The van der Waals surface area contributed by atoms with E-state index in [9.17, 15) is 14.4 Å². The number of carbonyl (C=O) groups excluding carboxylic acids is 3. The molecule has 1 aliphatic rings.